The molecule has 0 aliphatic rings. The summed E-state index contributed by atoms with van der Waals surface area (Å²) in [6, 6.07) is 1.86. The van der Waals surface area contributed by atoms with Crippen LogP contribution in [0.15, 0.2) is 16.7 Å². The smallest absolute Gasteiger partial charge is 0.145 e. The fourth-order valence-electron chi connectivity index (χ4n) is 1.15. The van der Waals surface area contributed by atoms with Crippen molar-refractivity contribution in [2.75, 3.05) is 17.3 Å². The summed E-state index contributed by atoms with van der Waals surface area (Å²) in [5.74, 6) is 1.20. The number of aromatic nitrogens is 1. The molecule has 1 rings (SSSR count). The number of nitrogens with zero attached hydrogens (tertiary/aromatic N) is 1. The predicted octanol–water partition coefficient (Wildman–Crippen LogP) is 2.68. The van der Waals surface area contributed by atoms with E-state index in [1.165, 1.54) is 0 Å². The van der Waals surface area contributed by atoms with E-state index in [0.717, 1.165) is 4.47 Å². The molecule has 3 nitrogen and oxygen atoms in total. The highest BCUT2D eigenvalue weighted by Crippen LogP contribution is 2.23. The predicted molar refractivity (Wildman–Crippen MR) is 69.0 cm³/mol. The second-order valence-corrected chi connectivity index (χ2v) is 6.07. The van der Waals surface area contributed by atoms with E-state index >= 15 is 0 Å². The maximum atomic E-state index is 11.0. The van der Waals surface area contributed by atoms with E-state index in [-0.39, 0.29) is 6.04 Å². The largest absolute Gasteiger partial charge is 0.365 e. The van der Waals surface area contributed by atoms with Crippen molar-refractivity contribution in [2.24, 2.45) is 0 Å². The highest BCUT2D eigenvalue weighted by Gasteiger charge is 2.08. The van der Waals surface area contributed by atoms with Gasteiger partial charge >= 0.3 is 0 Å². The lowest BCUT2D eigenvalue weighted by Crippen LogP contribution is -2.22. The monoisotopic (exact) mass is 310 g/mol. The van der Waals surface area contributed by atoms with Gasteiger partial charge in [0.1, 0.15) is 5.82 Å². The van der Waals surface area contributed by atoms with Crippen LogP contribution in [-0.4, -0.2) is 27.2 Å². The Morgan fingerprint density at radius 3 is 2.93 bits per heavy atom. The summed E-state index contributed by atoms with van der Waals surface area (Å²) in [5.41, 5.74) is 0. The van der Waals surface area contributed by atoms with Crippen LogP contribution in [0.2, 0.25) is 5.02 Å². The van der Waals surface area contributed by atoms with E-state index in [1.54, 1.807) is 18.5 Å². The van der Waals surface area contributed by atoms with E-state index in [2.05, 4.69) is 26.2 Å². The van der Waals surface area contributed by atoms with Gasteiger partial charge in [-0.3, -0.25) is 4.21 Å². The van der Waals surface area contributed by atoms with Crippen LogP contribution in [0, 0.1) is 0 Å². The van der Waals surface area contributed by atoms with E-state index in [1.807, 2.05) is 6.92 Å². The molecule has 1 aromatic heterocycles. The van der Waals surface area contributed by atoms with Gasteiger partial charge in [-0.15, -0.1) is 0 Å². The first-order valence-electron chi connectivity index (χ1n) is 4.36. The highest BCUT2D eigenvalue weighted by molar-refractivity contribution is 9.10. The number of rotatable bonds is 4. The number of hydrogen-bond acceptors (Lipinski definition) is 3. The molecule has 0 unspecified atom stereocenters. The number of nitrogens with one attached hydrogen (secondary N) is 1. The average molecular weight is 312 g/mol. The Labute approximate surface area is 105 Å². The van der Waals surface area contributed by atoms with Crippen molar-refractivity contribution in [3.8, 4) is 0 Å². The van der Waals surface area contributed by atoms with Crippen LogP contribution in [0.25, 0.3) is 0 Å². The van der Waals surface area contributed by atoms with Gasteiger partial charge in [0.05, 0.1) is 5.02 Å². The lowest BCUT2D eigenvalue weighted by molar-refractivity contribution is 0.683. The fraction of sp³-hybridized carbons (Fsp3) is 0.444. The van der Waals surface area contributed by atoms with E-state index in [9.17, 15) is 4.21 Å². The van der Waals surface area contributed by atoms with Crippen molar-refractivity contribution in [1.82, 2.24) is 4.98 Å². The minimum Gasteiger partial charge on any atom is -0.365 e. The van der Waals surface area contributed by atoms with E-state index < -0.39 is 10.8 Å². The summed E-state index contributed by atoms with van der Waals surface area (Å²) in [4.78, 5) is 4.14. The summed E-state index contributed by atoms with van der Waals surface area (Å²) < 4.78 is 11.8. The van der Waals surface area contributed by atoms with Crippen LogP contribution in [0.4, 0.5) is 5.82 Å². The molecule has 84 valence electrons. The number of anilines is 1. The molecule has 0 amide bonds. The van der Waals surface area contributed by atoms with Crippen LogP contribution >= 0.6 is 27.5 Å². The summed E-state index contributed by atoms with van der Waals surface area (Å²) in [7, 11) is -0.823. The van der Waals surface area contributed by atoms with Gasteiger partial charge in [-0.2, -0.15) is 0 Å². The zero-order chi connectivity index (χ0) is 11.4. The third-order valence-corrected chi connectivity index (χ3v) is 3.37. The molecule has 2 atom stereocenters. The molecule has 0 aliphatic heterocycles. The molecule has 0 saturated heterocycles. The van der Waals surface area contributed by atoms with Gasteiger partial charge in [0.25, 0.3) is 0 Å². The molecule has 1 aromatic rings. The number of pyridine rings is 1. The summed E-state index contributed by atoms with van der Waals surface area (Å²) in [5, 5.41) is 3.67. The van der Waals surface area contributed by atoms with Gasteiger partial charge in [-0.05, 0) is 28.9 Å². The van der Waals surface area contributed by atoms with Crippen LogP contribution in [0.1, 0.15) is 6.92 Å². The van der Waals surface area contributed by atoms with Gasteiger partial charge in [0.2, 0.25) is 0 Å². The van der Waals surface area contributed by atoms with Crippen molar-refractivity contribution in [3.63, 3.8) is 0 Å². The molecular weight excluding hydrogens is 300 g/mol. The molecule has 0 aliphatic carbocycles. The van der Waals surface area contributed by atoms with Crippen LogP contribution in [0.3, 0.4) is 0 Å². The number of halogens is 2. The van der Waals surface area contributed by atoms with Crippen molar-refractivity contribution < 1.29 is 4.21 Å². The molecule has 0 fully saturated rings. The van der Waals surface area contributed by atoms with Gasteiger partial charge in [0.15, 0.2) is 0 Å². The van der Waals surface area contributed by atoms with Crippen molar-refractivity contribution in [2.45, 2.75) is 13.0 Å². The van der Waals surface area contributed by atoms with Gasteiger partial charge in [0, 0.05) is 39.5 Å². The second kappa shape index (κ2) is 5.82. The van der Waals surface area contributed by atoms with E-state index in [0.29, 0.717) is 16.6 Å². The number of hydrogen-bond donors (Lipinski definition) is 1. The Kier molecular flexibility index (Phi) is 5.02. The molecule has 0 spiro atoms. The Morgan fingerprint density at radius 1 is 1.73 bits per heavy atom. The SMILES string of the molecule is C[C@@H](C[S@](C)=O)Nc1ncc(Br)cc1Cl. The zero-order valence-corrected chi connectivity index (χ0v) is 11.6. The fourth-order valence-corrected chi connectivity index (χ4v) is 2.62. The summed E-state index contributed by atoms with van der Waals surface area (Å²) in [6.45, 7) is 1.95. The van der Waals surface area contributed by atoms with Crippen molar-refractivity contribution in [1.29, 1.82) is 0 Å². The first-order valence-corrected chi connectivity index (χ1v) is 7.26. The molecule has 15 heavy (non-hydrogen) atoms. The summed E-state index contributed by atoms with van der Waals surface area (Å²) >= 11 is 9.26. The molecule has 0 radical (unpaired) electrons. The Bertz CT molecular complexity index is 375. The Hall–Kier alpha value is -0.130. The lowest BCUT2D eigenvalue weighted by Gasteiger charge is -2.13. The lowest BCUT2D eigenvalue weighted by atomic mass is 10.3. The molecule has 6 heteroatoms. The van der Waals surface area contributed by atoms with Crippen LogP contribution < -0.4 is 5.32 Å². The molecule has 1 heterocycles. The third-order valence-electron chi connectivity index (χ3n) is 1.68. The quantitative estimate of drug-likeness (QED) is 0.929. The summed E-state index contributed by atoms with van der Waals surface area (Å²) in [6.07, 6.45) is 3.35. The third kappa shape index (κ3) is 4.49. The first kappa shape index (κ1) is 12.9. The molecule has 0 aromatic carbocycles. The Morgan fingerprint density at radius 2 is 2.40 bits per heavy atom. The topological polar surface area (TPSA) is 42.0 Å². The minimum absolute atomic E-state index is 0.0852. The Balaban J connectivity index is 2.68. The molecule has 0 saturated carbocycles. The second-order valence-electron chi connectivity index (χ2n) is 3.27. The maximum absolute atomic E-state index is 11.0. The van der Waals surface area contributed by atoms with Crippen LogP contribution in [0.5, 0.6) is 0 Å². The minimum atomic E-state index is -0.823. The first-order chi connectivity index (χ1) is 6.99. The average Bonchev–Trinajstić information content (AvgIpc) is 2.08. The standard InChI is InChI=1S/C9H12BrClN2OS/c1-6(5-15(2)14)13-9-8(11)3-7(10)4-12-9/h3-4,6H,5H2,1-2H3,(H,12,13)/t6-,15-/m0/s1. The van der Waals surface area contributed by atoms with Gasteiger partial charge in [-0.25, -0.2) is 4.98 Å². The van der Waals surface area contributed by atoms with Crippen LogP contribution in [-0.2, 0) is 10.8 Å². The maximum Gasteiger partial charge on any atom is 0.145 e. The van der Waals surface area contributed by atoms with Gasteiger partial charge < -0.3 is 5.32 Å². The molecular formula is C9H12BrClN2OS. The van der Waals surface area contributed by atoms with Gasteiger partial charge in [-0.1, -0.05) is 11.6 Å². The normalized spacial score (nSPS) is 14.7. The zero-order valence-electron chi connectivity index (χ0n) is 8.46. The molecule has 0 bridgehead atoms. The van der Waals surface area contributed by atoms with E-state index in [4.69, 9.17) is 11.6 Å². The van der Waals surface area contributed by atoms with Crippen molar-refractivity contribution >= 4 is 44.1 Å². The highest BCUT2D eigenvalue weighted by atomic mass is 79.9. The van der Waals surface area contributed by atoms with Crippen molar-refractivity contribution in [3.05, 3.63) is 21.8 Å². The molecule has 1 N–H and O–H groups in total.